The van der Waals surface area contributed by atoms with E-state index in [0.717, 1.165) is 12.0 Å². The van der Waals surface area contributed by atoms with Gasteiger partial charge in [-0.05, 0) is 12.0 Å². The second-order valence-corrected chi connectivity index (χ2v) is 3.72. The highest BCUT2D eigenvalue weighted by atomic mass is 16.5. The van der Waals surface area contributed by atoms with Gasteiger partial charge in [0, 0.05) is 6.07 Å². The molecule has 4 heteroatoms. The Labute approximate surface area is 99.6 Å². The molecular weight excluding hydrogens is 216 g/mol. The van der Waals surface area contributed by atoms with Crippen LogP contribution in [-0.4, -0.2) is 11.1 Å². The summed E-state index contributed by atoms with van der Waals surface area (Å²) in [5.41, 5.74) is 1.09. The fourth-order valence-electron chi connectivity index (χ4n) is 1.67. The van der Waals surface area contributed by atoms with Gasteiger partial charge in [0.05, 0.1) is 12.2 Å². The summed E-state index contributed by atoms with van der Waals surface area (Å²) in [6.07, 6.45) is 2.28. The number of hydrogen-bond acceptors (Lipinski definition) is 3. The quantitative estimate of drug-likeness (QED) is 0.878. The van der Waals surface area contributed by atoms with Crippen molar-refractivity contribution >= 4 is 5.91 Å². The van der Waals surface area contributed by atoms with Gasteiger partial charge in [-0.2, -0.15) is 0 Å². The van der Waals surface area contributed by atoms with E-state index < -0.39 is 0 Å². The second-order valence-electron chi connectivity index (χ2n) is 3.72. The van der Waals surface area contributed by atoms with E-state index in [-0.39, 0.29) is 17.7 Å². The molecule has 17 heavy (non-hydrogen) atoms. The summed E-state index contributed by atoms with van der Waals surface area (Å²) in [6, 6.07) is 11.4. The number of nitrogens with zero attached hydrogens (tertiary/aromatic N) is 1. The van der Waals surface area contributed by atoms with E-state index in [1.165, 1.54) is 6.20 Å². The van der Waals surface area contributed by atoms with Crippen molar-refractivity contribution in [1.82, 2.24) is 10.5 Å². The molecule has 2 aromatic rings. The van der Waals surface area contributed by atoms with E-state index in [1.54, 1.807) is 6.07 Å². The predicted molar refractivity (Wildman–Crippen MR) is 63.4 cm³/mol. The number of amides is 1. The van der Waals surface area contributed by atoms with Gasteiger partial charge in [0.15, 0.2) is 0 Å². The number of hydrogen-bond donors (Lipinski definition) is 1. The highest BCUT2D eigenvalue weighted by Crippen LogP contribution is 2.16. The zero-order valence-electron chi connectivity index (χ0n) is 9.59. The summed E-state index contributed by atoms with van der Waals surface area (Å²) in [6.45, 7) is 2.03. The highest BCUT2D eigenvalue weighted by Gasteiger charge is 2.15. The molecular formula is C13H14N2O2. The fourth-order valence-corrected chi connectivity index (χ4v) is 1.67. The van der Waals surface area contributed by atoms with E-state index in [1.807, 2.05) is 37.3 Å². The van der Waals surface area contributed by atoms with Crippen molar-refractivity contribution in [3.63, 3.8) is 0 Å². The lowest BCUT2D eigenvalue weighted by Crippen LogP contribution is -2.27. The molecule has 1 aromatic carbocycles. The van der Waals surface area contributed by atoms with E-state index in [2.05, 4.69) is 10.5 Å². The maximum Gasteiger partial charge on any atom is 0.290 e. The van der Waals surface area contributed by atoms with Crippen LogP contribution in [0.4, 0.5) is 0 Å². The average molecular weight is 230 g/mol. The molecule has 0 saturated carbocycles. The molecule has 4 nitrogen and oxygen atoms in total. The lowest BCUT2D eigenvalue weighted by molar-refractivity contribution is 0.0898. The van der Waals surface area contributed by atoms with Gasteiger partial charge < -0.3 is 9.84 Å². The summed E-state index contributed by atoms with van der Waals surface area (Å²) in [7, 11) is 0. The minimum Gasteiger partial charge on any atom is -0.351 e. The molecule has 1 heterocycles. The number of carbonyl (C=O) groups is 1. The average Bonchev–Trinajstić information content (AvgIpc) is 2.90. The molecule has 1 unspecified atom stereocenters. The fraction of sp³-hybridized carbons (Fsp3) is 0.231. The molecule has 2 rings (SSSR count). The molecule has 0 fully saturated rings. The number of rotatable bonds is 4. The van der Waals surface area contributed by atoms with Crippen LogP contribution in [0.5, 0.6) is 0 Å². The number of nitrogens with one attached hydrogen (secondary N) is 1. The number of benzene rings is 1. The van der Waals surface area contributed by atoms with Crippen molar-refractivity contribution in [3.05, 3.63) is 53.9 Å². The molecule has 0 radical (unpaired) electrons. The molecule has 1 atom stereocenters. The van der Waals surface area contributed by atoms with E-state index in [4.69, 9.17) is 4.52 Å². The molecule has 1 N–H and O–H groups in total. The lowest BCUT2D eigenvalue weighted by Gasteiger charge is -2.16. The van der Waals surface area contributed by atoms with Crippen molar-refractivity contribution in [3.8, 4) is 0 Å². The number of aromatic nitrogens is 1. The third-order valence-corrected chi connectivity index (χ3v) is 2.58. The Morgan fingerprint density at radius 3 is 2.71 bits per heavy atom. The van der Waals surface area contributed by atoms with E-state index in [0.29, 0.717) is 0 Å². The summed E-state index contributed by atoms with van der Waals surface area (Å²) in [4.78, 5) is 11.8. The maximum atomic E-state index is 11.8. The summed E-state index contributed by atoms with van der Waals surface area (Å²) >= 11 is 0. The molecule has 0 aliphatic heterocycles. The van der Waals surface area contributed by atoms with Gasteiger partial charge in [-0.15, -0.1) is 0 Å². The smallest absolute Gasteiger partial charge is 0.290 e. The SMILES string of the molecule is CCC(NC(=O)c1ccno1)c1ccccc1. The van der Waals surface area contributed by atoms with Gasteiger partial charge in [0.25, 0.3) is 5.91 Å². The Balaban J connectivity index is 2.09. The molecule has 88 valence electrons. The molecule has 1 amide bonds. The van der Waals surface area contributed by atoms with Crippen molar-refractivity contribution in [1.29, 1.82) is 0 Å². The first-order valence-corrected chi connectivity index (χ1v) is 5.57. The normalized spacial score (nSPS) is 12.1. The Bertz CT molecular complexity index is 465. The van der Waals surface area contributed by atoms with Gasteiger partial charge in [0.1, 0.15) is 0 Å². The third kappa shape index (κ3) is 2.72. The van der Waals surface area contributed by atoms with Crippen molar-refractivity contribution in [2.45, 2.75) is 19.4 Å². The Kier molecular flexibility index (Phi) is 3.55. The van der Waals surface area contributed by atoms with Crippen LogP contribution >= 0.6 is 0 Å². The summed E-state index contributed by atoms with van der Waals surface area (Å²) in [5.74, 6) is -0.00224. The monoisotopic (exact) mass is 230 g/mol. The Morgan fingerprint density at radius 1 is 1.35 bits per heavy atom. The van der Waals surface area contributed by atoms with Gasteiger partial charge in [-0.25, -0.2) is 0 Å². The van der Waals surface area contributed by atoms with Crippen LogP contribution in [0.2, 0.25) is 0 Å². The Morgan fingerprint density at radius 2 is 2.12 bits per heavy atom. The van der Waals surface area contributed by atoms with Crippen molar-refractivity contribution < 1.29 is 9.32 Å². The molecule has 0 spiro atoms. The maximum absolute atomic E-state index is 11.8. The van der Waals surface area contributed by atoms with Crippen molar-refractivity contribution in [2.24, 2.45) is 0 Å². The lowest BCUT2D eigenvalue weighted by atomic mass is 10.0. The molecule has 0 saturated heterocycles. The summed E-state index contributed by atoms with van der Waals surface area (Å²) < 4.78 is 4.81. The van der Waals surface area contributed by atoms with Crippen LogP contribution in [0, 0.1) is 0 Å². The van der Waals surface area contributed by atoms with Crippen LogP contribution in [0.1, 0.15) is 35.5 Å². The topological polar surface area (TPSA) is 55.1 Å². The van der Waals surface area contributed by atoms with Crippen LogP contribution < -0.4 is 5.32 Å². The minimum absolute atomic E-state index is 0.00574. The Hall–Kier alpha value is -2.10. The first-order chi connectivity index (χ1) is 8.31. The van der Waals surface area contributed by atoms with Crippen LogP contribution in [0.15, 0.2) is 47.1 Å². The van der Waals surface area contributed by atoms with Gasteiger partial charge >= 0.3 is 0 Å². The standard InChI is InChI=1S/C13H14N2O2/c1-2-11(10-6-4-3-5-7-10)15-13(16)12-8-9-14-17-12/h3-9,11H,2H2,1H3,(H,15,16). The molecule has 1 aromatic heterocycles. The van der Waals surface area contributed by atoms with Gasteiger partial charge in [0.2, 0.25) is 5.76 Å². The zero-order valence-corrected chi connectivity index (χ0v) is 9.59. The summed E-state index contributed by atoms with van der Waals surface area (Å²) in [5, 5.41) is 6.43. The van der Waals surface area contributed by atoms with E-state index in [9.17, 15) is 4.79 Å². The first kappa shape index (κ1) is 11.4. The number of carbonyl (C=O) groups excluding carboxylic acids is 1. The minimum atomic E-state index is -0.238. The first-order valence-electron chi connectivity index (χ1n) is 5.57. The van der Waals surface area contributed by atoms with Crippen LogP contribution in [-0.2, 0) is 0 Å². The molecule has 0 aliphatic rings. The van der Waals surface area contributed by atoms with Crippen LogP contribution in [0.25, 0.3) is 0 Å². The highest BCUT2D eigenvalue weighted by molar-refractivity contribution is 5.91. The zero-order chi connectivity index (χ0) is 12.1. The third-order valence-electron chi connectivity index (χ3n) is 2.58. The molecule has 0 aliphatic carbocycles. The predicted octanol–water partition coefficient (Wildman–Crippen LogP) is 2.56. The van der Waals surface area contributed by atoms with Crippen molar-refractivity contribution in [2.75, 3.05) is 0 Å². The second kappa shape index (κ2) is 5.30. The van der Waals surface area contributed by atoms with Crippen LogP contribution in [0.3, 0.4) is 0 Å². The van der Waals surface area contributed by atoms with Gasteiger partial charge in [-0.1, -0.05) is 42.4 Å². The van der Waals surface area contributed by atoms with E-state index >= 15 is 0 Å². The largest absolute Gasteiger partial charge is 0.351 e. The molecule has 0 bridgehead atoms. The van der Waals surface area contributed by atoms with Gasteiger partial charge in [-0.3, -0.25) is 4.79 Å².